The van der Waals surface area contributed by atoms with Crippen LogP contribution >= 0.6 is 22.4 Å². The maximum Gasteiger partial charge on any atom is 0.165 e. The van der Waals surface area contributed by atoms with Crippen LogP contribution in [0.4, 0.5) is 5.82 Å². The summed E-state index contributed by atoms with van der Waals surface area (Å²) >= 11 is 6.22. The van der Waals surface area contributed by atoms with E-state index in [-0.39, 0.29) is 0 Å². The second kappa shape index (κ2) is 8.01. The van der Waals surface area contributed by atoms with Crippen molar-refractivity contribution < 1.29 is 9.11 Å². The first-order chi connectivity index (χ1) is 15.4. The average molecular weight is 475 g/mol. The lowest BCUT2D eigenvalue weighted by atomic mass is 10.3. The van der Waals surface area contributed by atoms with Gasteiger partial charge in [0.2, 0.25) is 0 Å². The molecule has 1 aliphatic rings. The summed E-state index contributed by atoms with van der Waals surface area (Å²) in [4.78, 5) is 16.2. The Kier molecular flexibility index (Phi) is 5.30. The van der Waals surface area contributed by atoms with Crippen molar-refractivity contribution in [3.05, 3.63) is 48.0 Å². The number of imidazole rings is 1. The molecule has 1 aliphatic heterocycles. The third-order valence-electron chi connectivity index (χ3n) is 5.63. The number of hydrogen-bond donors (Lipinski definition) is 2. The van der Waals surface area contributed by atoms with Gasteiger partial charge in [-0.1, -0.05) is 23.7 Å². The van der Waals surface area contributed by atoms with Crippen molar-refractivity contribution in [2.45, 2.75) is 4.90 Å². The molecule has 1 aromatic carbocycles. The first-order valence-corrected chi connectivity index (χ1v) is 11.9. The van der Waals surface area contributed by atoms with Crippen molar-refractivity contribution >= 4 is 39.4 Å². The minimum absolute atomic E-state index is 0.351. The molecule has 32 heavy (non-hydrogen) atoms. The highest BCUT2D eigenvalue weighted by molar-refractivity contribution is 8.22. The van der Waals surface area contributed by atoms with E-state index >= 15 is 0 Å². The van der Waals surface area contributed by atoms with Crippen LogP contribution in [0.5, 0.6) is 0 Å². The Labute approximate surface area is 191 Å². The van der Waals surface area contributed by atoms with Gasteiger partial charge in [0, 0.05) is 46.5 Å². The fourth-order valence-corrected chi connectivity index (χ4v) is 5.96. The molecule has 0 aliphatic carbocycles. The Bertz CT molecular complexity index is 1280. The number of halogens is 1. The van der Waals surface area contributed by atoms with Gasteiger partial charge in [0.25, 0.3) is 0 Å². The Morgan fingerprint density at radius 3 is 2.47 bits per heavy atom. The number of aromatic nitrogens is 6. The second-order valence-corrected chi connectivity index (χ2v) is 10.0. The molecule has 0 spiro atoms. The van der Waals surface area contributed by atoms with Gasteiger partial charge in [-0.25, -0.2) is 15.0 Å². The Morgan fingerprint density at radius 1 is 1.03 bits per heavy atom. The molecule has 3 aromatic heterocycles. The van der Waals surface area contributed by atoms with Gasteiger partial charge >= 0.3 is 0 Å². The minimum Gasteiger partial charge on any atom is -0.352 e. The van der Waals surface area contributed by atoms with E-state index in [2.05, 4.69) is 20.0 Å². The SMILES string of the molecule is Cn1cc(-c2nc3c(N4CCN(S(O)(O)c5ccccc5Cl)CC4)ncnc3n2C)cn1. The third kappa shape index (κ3) is 3.51. The zero-order valence-electron chi connectivity index (χ0n) is 17.6. The van der Waals surface area contributed by atoms with E-state index in [4.69, 9.17) is 16.6 Å². The molecule has 10 nitrogen and oxygen atoms in total. The molecule has 0 bridgehead atoms. The minimum atomic E-state index is -3.16. The van der Waals surface area contributed by atoms with Crippen LogP contribution in [0.3, 0.4) is 0 Å². The van der Waals surface area contributed by atoms with Crippen LogP contribution in [0.25, 0.3) is 22.6 Å². The number of anilines is 1. The van der Waals surface area contributed by atoms with Gasteiger partial charge in [-0.15, -0.1) is 10.8 Å². The maximum atomic E-state index is 10.9. The van der Waals surface area contributed by atoms with Crippen LogP contribution in [0, 0.1) is 0 Å². The van der Waals surface area contributed by atoms with E-state index in [0.717, 1.165) is 22.9 Å². The summed E-state index contributed by atoms with van der Waals surface area (Å²) < 4.78 is 27.2. The highest BCUT2D eigenvalue weighted by Gasteiger charge is 2.32. The van der Waals surface area contributed by atoms with Gasteiger partial charge in [0.1, 0.15) is 12.2 Å². The number of benzene rings is 1. The largest absolute Gasteiger partial charge is 0.352 e. The standard InChI is InChI=1S/C20H23ClN8O2S/c1-26-12-14(11-24-26)18-25-17-19(27(18)2)22-13-23-20(17)28-7-9-29(10-8-28)32(30,31)16-6-4-3-5-15(16)21/h3-6,11-13,30-31H,7-10H2,1-2H3. The normalized spacial score (nSPS) is 16.1. The molecule has 4 aromatic rings. The first-order valence-electron chi connectivity index (χ1n) is 10.1. The highest BCUT2D eigenvalue weighted by atomic mass is 35.5. The summed E-state index contributed by atoms with van der Waals surface area (Å²) in [5, 5.41) is 4.59. The number of fused-ring (bicyclic) bond motifs is 1. The predicted molar refractivity (Wildman–Crippen MR) is 125 cm³/mol. The van der Waals surface area contributed by atoms with Crippen LogP contribution in [0.15, 0.2) is 47.9 Å². The summed E-state index contributed by atoms with van der Waals surface area (Å²) in [7, 11) is 0.623. The number of rotatable bonds is 4. The van der Waals surface area contributed by atoms with Crippen molar-refractivity contribution in [1.29, 1.82) is 0 Å². The molecule has 0 unspecified atom stereocenters. The molecule has 1 saturated heterocycles. The zero-order chi connectivity index (χ0) is 22.5. The van der Waals surface area contributed by atoms with Crippen LogP contribution in [-0.4, -0.2) is 68.9 Å². The molecule has 12 heteroatoms. The van der Waals surface area contributed by atoms with Crippen molar-refractivity contribution in [1.82, 2.24) is 33.6 Å². The first kappa shape index (κ1) is 21.2. The van der Waals surface area contributed by atoms with E-state index in [9.17, 15) is 9.11 Å². The molecular formula is C20H23ClN8O2S. The summed E-state index contributed by atoms with van der Waals surface area (Å²) in [5.41, 5.74) is 2.34. The lowest BCUT2D eigenvalue weighted by Crippen LogP contribution is -2.47. The summed E-state index contributed by atoms with van der Waals surface area (Å²) in [6, 6.07) is 6.85. The fourth-order valence-electron chi connectivity index (χ4n) is 3.97. The zero-order valence-corrected chi connectivity index (χ0v) is 19.2. The molecule has 5 rings (SSSR count). The smallest absolute Gasteiger partial charge is 0.165 e. The van der Waals surface area contributed by atoms with Gasteiger partial charge < -0.3 is 9.47 Å². The van der Waals surface area contributed by atoms with Crippen molar-refractivity contribution in [3.63, 3.8) is 0 Å². The highest BCUT2D eigenvalue weighted by Crippen LogP contribution is 2.54. The van der Waals surface area contributed by atoms with Crippen molar-refractivity contribution in [2.24, 2.45) is 14.1 Å². The molecular weight excluding hydrogens is 452 g/mol. The van der Waals surface area contributed by atoms with E-state index in [1.54, 1.807) is 39.4 Å². The average Bonchev–Trinajstić information content (AvgIpc) is 3.37. The number of hydrogen-bond acceptors (Lipinski definition) is 8. The predicted octanol–water partition coefficient (Wildman–Crippen LogP) is 3.26. The van der Waals surface area contributed by atoms with Gasteiger partial charge in [-0.3, -0.25) is 13.8 Å². The summed E-state index contributed by atoms with van der Waals surface area (Å²) in [5.74, 6) is 1.50. The van der Waals surface area contributed by atoms with Crippen LogP contribution < -0.4 is 4.90 Å². The fraction of sp³-hybridized carbons (Fsp3) is 0.300. The Hall–Kier alpha value is -2.70. The number of nitrogens with zero attached hydrogens (tertiary/aromatic N) is 8. The van der Waals surface area contributed by atoms with Gasteiger partial charge in [0.05, 0.1) is 21.7 Å². The maximum absolute atomic E-state index is 10.9. The molecule has 2 N–H and O–H groups in total. The quantitative estimate of drug-likeness (QED) is 0.464. The molecule has 1 fully saturated rings. The molecule has 0 atom stereocenters. The van der Waals surface area contributed by atoms with Gasteiger partial charge in [0.15, 0.2) is 17.0 Å². The molecule has 168 valence electrons. The Balaban J connectivity index is 1.41. The Morgan fingerprint density at radius 2 is 1.78 bits per heavy atom. The monoisotopic (exact) mass is 474 g/mol. The lowest BCUT2D eigenvalue weighted by molar-refractivity contribution is 0.330. The molecule has 0 radical (unpaired) electrons. The lowest BCUT2D eigenvalue weighted by Gasteiger charge is -2.47. The third-order valence-corrected chi connectivity index (χ3v) is 8.10. The number of piperazine rings is 1. The van der Waals surface area contributed by atoms with Crippen LogP contribution in [0.2, 0.25) is 5.02 Å². The van der Waals surface area contributed by atoms with Crippen molar-refractivity contribution in [3.8, 4) is 11.4 Å². The van der Waals surface area contributed by atoms with E-state index < -0.39 is 10.8 Å². The molecule has 0 saturated carbocycles. The molecule has 4 heterocycles. The second-order valence-electron chi connectivity index (χ2n) is 7.63. The molecule has 0 amide bonds. The topological polar surface area (TPSA) is 108 Å². The van der Waals surface area contributed by atoms with E-state index in [1.807, 2.05) is 24.9 Å². The summed E-state index contributed by atoms with van der Waals surface area (Å²) in [6.45, 7) is 2.01. The van der Waals surface area contributed by atoms with Crippen molar-refractivity contribution in [2.75, 3.05) is 31.1 Å². The van der Waals surface area contributed by atoms with Gasteiger partial charge in [-0.05, 0) is 12.1 Å². The summed E-state index contributed by atoms with van der Waals surface area (Å²) in [6.07, 6.45) is 5.22. The van der Waals surface area contributed by atoms with Gasteiger partial charge in [-0.2, -0.15) is 9.40 Å². The van der Waals surface area contributed by atoms with E-state index in [0.29, 0.717) is 41.6 Å². The van der Waals surface area contributed by atoms with Crippen LogP contribution in [-0.2, 0) is 14.1 Å². The van der Waals surface area contributed by atoms with Crippen LogP contribution in [0.1, 0.15) is 0 Å². The number of aryl methyl sites for hydroxylation is 2. The van der Waals surface area contributed by atoms with E-state index in [1.165, 1.54) is 6.33 Å².